The quantitative estimate of drug-likeness (QED) is 0.573. The van der Waals surface area contributed by atoms with Crippen molar-refractivity contribution in [3.05, 3.63) is 77.2 Å². The minimum atomic E-state index is -3.54. The number of sulfonamides is 1. The third kappa shape index (κ3) is 4.58. The topological polar surface area (TPSA) is 84.0 Å². The highest BCUT2D eigenvalue weighted by atomic mass is 35.5. The van der Waals surface area contributed by atoms with E-state index >= 15 is 0 Å². The Bertz CT molecular complexity index is 1100. The predicted molar refractivity (Wildman–Crippen MR) is 114 cm³/mol. The normalized spacial score (nSPS) is 15.7. The molecule has 1 aliphatic rings. The van der Waals surface area contributed by atoms with E-state index in [2.05, 4.69) is 26.1 Å². The molecule has 0 radical (unpaired) electrons. The number of hydrogen-bond donors (Lipinski definition) is 2. The Morgan fingerprint density at radius 2 is 1.93 bits per heavy atom. The minimum absolute atomic E-state index is 0.219. The summed E-state index contributed by atoms with van der Waals surface area (Å²) >= 11 is 5.84. The van der Waals surface area contributed by atoms with Crippen molar-refractivity contribution >= 4 is 33.1 Å². The zero-order valence-electron chi connectivity index (χ0n) is 15.7. The molecule has 1 atom stereocenters. The van der Waals surface area contributed by atoms with Gasteiger partial charge in [0.05, 0.1) is 4.90 Å². The maximum Gasteiger partial charge on any atom is 0.240 e. The molecule has 1 aliphatic heterocycles. The average Bonchev–Trinajstić information content (AvgIpc) is 2.88. The van der Waals surface area contributed by atoms with E-state index in [1.807, 2.05) is 24.4 Å². The number of anilines is 2. The van der Waals surface area contributed by atoms with E-state index in [9.17, 15) is 8.42 Å². The van der Waals surface area contributed by atoms with Crippen LogP contribution in [0.2, 0.25) is 5.02 Å². The lowest BCUT2D eigenvalue weighted by molar-refractivity contribution is 0.559. The highest BCUT2D eigenvalue weighted by molar-refractivity contribution is 7.89. The second kappa shape index (κ2) is 8.49. The molecule has 6 nitrogen and oxygen atoms in total. The van der Waals surface area contributed by atoms with E-state index in [0.29, 0.717) is 11.6 Å². The van der Waals surface area contributed by atoms with Crippen molar-refractivity contribution < 1.29 is 8.42 Å². The maximum atomic E-state index is 12.4. The van der Waals surface area contributed by atoms with Crippen LogP contribution in [0.25, 0.3) is 0 Å². The summed E-state index contributed by atoms with van der Waals surface area (Å²) in [5, 5.41) is 3.91. The fourth-order valence-corrected chi connectivity index (χ4v) is 4.80. The van der Waals surface area contributed by atoms with Crippen molar-refractivity contribution in [3.8, 4) is 0 Å². The summed E-state index contributed by atoms with van der Waals surface area (Å²) in [5.74, 6) is 1.09. The van der Waals surface area contributed by atoms with Crippen molar-refractivity contribution in [1.29, 1.82) is 0 Å². The van der Waals surface area contributed by atoms with E-state index < -0.39 is 10.0 Å². The van der Waals surface area contributed by atoms with Gasteiger partial charge in [0, 0.05) is 29.0 Å². The largest absolute Gasteiger partial charge is 0.340 e. The van der Waals surface area contributed by atoms with Gasteiger partial charge in [-0.25, -0.2) is 23.1 Å². The number of fused-ring (bicyclic) bond motifs is 2. The molecule has 29 heavy (non-hydrogen) atoms. The lowest BCUT2D eigenvalue weighted by atomic mass is 9.89. The van der Waals surface area contributed by atoms with Crippen LogP contribution in [0.4, 0.5) is 11.5 Å². The van der Waals surface area contributed by atoms with Gasteiger partial charge in [0.1, 0.15) is 12.1 Å². The van der Waals surface area contributed by atoms with Crippen molar-refractivity contribution in [1.82, 2.24) is 14.7 Å². The first kappa shape index (κ1) is 19.8. The predicted octanol–water partition coefficient (Wildman–Crippen LogP) is 4.27. The Labute approximate surface area is 175 Å². The van der Waals surface area contributed by atoms with Gasteiger partial charge in [-0.2, -0.15) is 0 Å². The Morgan fingerprint density at radius 1 is 1.14 bits per heavy atom. The average molecular weight is 429 g/mol. The van der Waals surface area contributed by atoms with E-state index in [4.69, 9.17) is 11.6 Å². The molecule has 2 heterocycles. The molecule has 0 spiro atoms. The second-order valence-corrected chi connectivity index (χ2v) is 9.21. The smallest absolute Gasteiger partial charge is 0.240 e. The Balaban J connectivity index is 1.43. The summed E-state index contributed by atoms with van der Waals surface area (Å²) < 4.78 is 27.5. The molecule has 0 amide bonds. The Morgan fingerprint density at radius 3 is 2.76 bits per heavy atom. The number of rotatable bonds is 6. The van der Waals surface area contributed by atoms with Crippen LogP contribution in [-0.2, 0) is 16.4 Å². The van der Waals surface area contributed by atoms with Crippen LogP contribution < -0.4 is 10.0 Å². The van der Waals surface area contributed by atoms with Crippen LogP contribution >= 0.6 is 11.6 Å². The summed E-state index contributed by atoms with van der Waals surface area (Å²) in [4.78, 5) is 8.73. The molecule has 8 heteroatoms. The van der Waals surface area contributed by atoms with Crippen molar-refractivity contribution in [3.63, 3.8) is 0 Å². The van der Waals surface area contributed by atoms with Crippen LogP contribution in [0.15, 0.2) is 66.0 Å². The molecular weight excluding hydrogens is 408 g/mol. The van der Waals surface area contributed by atoms with Crippen LogP contribution in [0.1, 0.15) is 29.9 Å². The monoisotopic (exact) mass is 428 g/mol. The van der Waals surface area contributed by atoms with Gasteiger partial charge in [-0.15, -0.1) is 0 Å². The molecule has 1 aromatic heterocycles. The number of hydrogen-bond acceptors (Lipinski definition) is 5. The van der Waals surface area contributed by atoms with Gasteiger partial charge in [-0.1, -0.05) is 29.8 Å². The number of nitrogens with zero attached hydrogens (tertiary/aromatic N) is 2. The van der Waals surface area contributed by atoms with E-state index in [0.717, 1.165) is 36.3 Å². The summed E-state index contributed by atoms with van der Waals surface area (Å²) in [6.45, 7) is 0.370. The number of benzene rings is 2. The van der Waals surface area contributed by atoms with Gasteiger partial charge >= 0.3 is 0 Å². The van der Waals surface area contributed by atoms with Gasteiger partial charge < -0.3 is 5.32 Å². The highest BCUT2D eigenvalue weighted by Crippen LogP contribution is 2.37. The lowest BCUT2D eigenvalue weighted by Gasteiger charge is -2.17. The standard InChI is InChI=1S/C21H21ClN4O2S/c22-17-7-9-18(10-8-17)29(27,28)25-11-3-4-15-12-16-13-23-14-24-21(16)26-20-6-2-1-5-19(15)20/h1-2,5-10,13-15,25H,3-4,11-12H2,(H,23,24,26). The first-order chi connectivity index (χ1) is 14.0. The molecule has 0 bridgehead atoms. The number of nitrogens with one attached hydrogen (secondary N) is 2. The summed E-state index contributed by atoms with van der Waals surface area (Å²) in [6.07, 6.45) is 5.76. The number of para-hydroxylation sites is 1. The molecule has 2 N–H and O–H groups in total. The van der Waals surface area contributed by atoms with E-state index in [1.54, 1.807) is 18.5 Å². The van der Waals surface area contributed by atoms with Gasteiger partial charge in [0.15, 0.2) is 0 Å². The first-order valence-electron chi connectivity index (χ1n) is 9.43. The highest BCUT2D eigenvalue weighted by Gasteiger charge is 2.22. The molecule has 0 saturated carbocycles. The van der Waals surface area contributed by atoms with Crippen LogP contribution in [0.3, 0.4) is 0 Å². The van der Waals surface area contributed by atoms with E-state index in [1.165, 1.54) is 17.7 Å². The maximum absolute atomic E-state index is 12.4. The lowest BCUT2D eigenvalue weighted by Crippen LogP contribution is -2.25. The third-order valence-electron chi connectivity index (χ3n) is 5.05. The minimum Gasteiger partial charge on any atom is -0.340 e. The Hall–Kier alpha value is -2.48. The number of halogens is 1. The zero-order chi connectivity index (χ0) is 20.3. The Kier molecular flexibility index (Phi) is 5.80. The molecular formula is C21H21ClN4O2S. The second-order valence-electron chi connectivity index (χ2n) is 7.00. The van der Waals surface area contributed by atoms with Crippen molar-refractivity contribution in [2.24, 2.45) is 0 Å². The molecule has 1 unspecified atom stereocenters. The van der Waals surface area contributed by atoms with E-state index in [-0.39, 0.29) is 10.8 Å². The molecule has 2 aromatic carbocycles. The van der Waals surface area contributed by atoms with Gasteiger partial charge in [0.25, 0.3) is 0 Å². The summed E-state index contributed by atoms with van der Waals surface area (Å²) in [6, 6.07) is 14.3. The molecule has 3 aromatic rings. The van der Waals surface area contributed by atoms with Gasteiger partial charge in [0.2, 0.25) is 10.0 Å². The summed E-state index contributed by atoms with van der Waals surface area (Å²) in [7, 11) is -3.54. The van der Waals surface area contributed by atoms with Gasteiger partial charge in [-0.05, 0) is 61.1 Å². The van der Waals surface area contributed by atoms with Crippen molar-refractivity contribution in [2.75, 3.05) is 11.9 Å². The van der Waals surface area contributed by atoms with Gasteiger partial charge in [-0.3, -0.25) is 0 Å². The molecule has 0 saturated heterocycles. The molecule has 4 rings (SSSR count). The van der Waals surface area contributed by atoms with Crippen LogP contribution in [0.5, 0.6) is 0 Å². The third-order valence-corrected chi connectivity index (χ3v) is 6.78. The first-order valence-corrected chi connectivity index (χ1v) is 11.3. The molecule has 0 aliphatic carbocycles. The molecule has 0 fully saturated rings. The summed E-state index contributed by atoms with van der Waals surface area (Å²) in [5.41, 5.74) is 3.32. The van der Waals surface area contributed by atoms with Crippen LogP contribution in [-0.4, -0.2) is 24.9 Å². The molecule has 150 valence electrons. The fraction of sp³-hybridized carbons (Fsp3) is 0.238. The SMILES string of the molecule is O=S(=O)(NCCCC1Cc2cncnc2Nc2ccccc21)c1ccc(Cl)cc1. The van der Waals surface area contributed by atoms with Crippen LogP contribution in [0, 0.1) is 0 Å². The fourth-order valence-electron chi connectivity index (χ4n) is 3.60. The van der Waals surface area contributed by atoms with Crippen molar-refractivity contribution in [2.45, 2.75) is 30.1 Å². The number of aromatic nitrogens is 2. The zero-order valence-corrected chi connectivity index (χ0v) is 17.2.